The molecule has 1 fully saturated rings. The highest BCUT2D eigenvalue weighted by atomic mass is 16.4. The van der Waals surface area contributed by atoms with Crippen molar-refractivity contribution >= 4 is 11.9 Å². The maximum atomic E-state index is 12.3. The molecule has 0 radical (unpaired) electrons. The van der Waals surface area contributed by atoms with Crippen molar-refractivity contribution in [2.24, 2.45) is 13.0 Å². The highest BCUT2D eigenvalue weighted by Crippen LogP contribution is 2.24. The van der Waals surface area contributed by atoms with Crippen LogP contribution in [0.25, 0.3) is 0 Å². The molecule has 0 saturated carbocycles. The van der Waals surface area contributed by atoms with Crippen LogP contribution in [0.2, 0.25) is 0 Å². The smallest absolute Gasteiger partial charge is 0.339 e. The number of aromatic nitrogens is 2. The summed E-state index contributed by atoms with van der Waals surface area (Å²) in [6.07, 6.45) is 7.01. The van der Waals surface area contributed by atoms with Crippen LogP contribution in [0.1, 0.15) is 39.4 Å². The second-order valence-corrected chi connectivity index (χ2v) is 5.93. The zero-order valence-electron chi connectivity index (χ0n) is 12.9. The van der Waals surface area contributed by atoms with E-state index in [4.69, 9.17) is 9.52 Å². The minimum absolute atomic E-state index is 0.0479. The molecular formula is C16H19N3O4. The van der Waals surface area contributed by atoms with E-state index in [-0.39, 0.29) is 11.5 Å². The Morgan fingerprint density at radius 2 is 2.13 bits per heavy atom. The number of carboxylic acid groups (broad SMARTS) is 1. The Morgan fingerprint density at radius 3 is 2.74 bits per heavy atom. The minimum Gasteiger partial charge on any atom is -0.478 e. The van der Waals surface area contributed by atoms with Gasteiger partial charge in [0, 0.05) is 32.8 Å². The number of amides is 1. The van der Waals surface area contributed by atoms with Crippen molar-refractivity contribution in [1.82, 2.24) is 14.5 Å². The molecule has 7 heteroatoms. The first-order valence-corrected chi connectivity index (χ1v) is 7.61. The summed E-state index contributed by atoms with van der Waals surface area (Å²) in [6, 6.07) is 1.48. The van der Waals surface area contributed by atoms with Crippen molar-refractivity contribution < 1.29 is 19.1 Å². The van der Waals surface area contributed by atoms with Crippen molar-refractivity contribution in [3.8, 4) is 0 Å². The summed E-state index contributed by atoms with van der Waals surface area (Å²) in [5.74, 6) is -0.163. The third-order valence-electron chi connectivity index (χ3n) is 4.28. The van der Waals surface area contributed by atoms with Gasteiger partial charge in [0.25, 0.3) is 5.91 Å². The number of aryl methyl sites for hydroxylation is 1. The van der Waals surface area contributed by atoms with Gasteiger partial charge in [0.15, 0.2) is 0 Å². The van der Waals surface area contributed by atoms with E-state index in [1.165, 1.54) is 12.3 Å². The number of likely N-dealkylation sites (tertiary alicyclic amines) is 1. The topological polar surface area (TPSA) is 88.6 Å². The predicted octanol–water partition coefficient (Wildman–Crippen LogP) is 1.81. The molecule has 1 aliphatic rings. The summed E-state index contributed by atoms with van der Waals surface area (Å²) in [6.45, 7) is 1.31. The van der Waals surface area contributed by atoms with E-state index in [1.807, 2.05) is 7.05 Å². The van der Waals surface area contributed by atoms with Gasteiger partial charge in [0.2, 0.25) is 0 Å². The van der Waals surface area contributed by atoms with Gasteiger partial charge in [-0.1, -0.05) is 0 Å². The number of nitrogens with zero attached hydrogens (tertiary/aromatic N) is 3. The van der Waals surface area contributed by atoms with Crippen LogP contribution in [0, 0.1) is 5.92 Å². The van der Waals surface area contributed by atoms with Gasteiger partial charge < -0.3 is 19.0 Å². The van der Waals surface area contributed by atoms with Crippen molar-refractivity contribution in [2.75, 3.05) is 13.1 Å². The van der Waals surface area contributed by atoms with Crippen LogP contribution in [0.15, 0.2) is 29.3 Å². The van der Waals surface area contributed by atoms with Gasteiger partial charge in [-0.2, -0.15) is 0 Å². The molecule has 0 aliphatic carbocycles. The third kappa shape index (κ3) is 3.28. The number of imidazole rings is 1. The van der Waals surface area contributed by atoms with Gasteiger partial charge in [0.1, 0.15) is 17.0 Å². The molecule has 0 atom stereocenters. The molecule has 0 unspecified atom stereocenters. The van der Waals surface area contributed by atoms with Crippen LogP contribution >= 0.6 is 0 Å². The number of hydrogen-bond acceptors (Lipinski definition) is 4. The Bertz CT molecular complexity index is 710. The second-order valence-electron chi connectivity index (χ2n) is 5.93. The van der Waals surface area contributed by atoms with E-state index in [0.717, 1.165) is 12.8 Å². The summed E-state index contributed by atoms with van der Waals surface area (Å²) >= 11 is 0. The zero-order valence-corrected chi connectivity index (χ0v) is 12.9. The minimum atomic E-state index is -0.962. The van der Waals surface area contributed by atoms with E-state index >= 15 is 0 Å². The van der Waals surface area contributed by atoms with E-state index in [1.54, 1.807) is 22.0 Å². The fraction of sp³-hybridized carbons (Fsp3) is 0.438. The number of hydrogen-bond donors (Lipinski definition) is 1. The number of aromatic carboxylic acids is 1. The molecule has 3 heterocycles. The average molecular weight is 317 g/mol. The molecule has 0 aromatic carbocycles. The first kappa shape index (κ1) is 15.3. The van der Waals surface area contributed by atoms with Crippen molar-refractivity contribution in [3.63, 3.8) is 0 Å². The van der Waals surface area contributed by atoms with E-state index in [0.29, 0.717) is 36.9 Å². The number of piperidine rings is 1. The van der Waals surface area contributed by atoms with Crippen LogP contribution < -0.4 is 0 Å². The SMILES string of the molecule is Cn1cnc(C(=O)N2CCC(Cc3occc3C(=O)O)CC2)c1. The largest absolute Gasteiger partial charge is 0.478 e. The van der Waals surface area contributed by atoms with Crippen LogP contribution in [0.3, 0.4) is 0 Å². The predicted molar refractivity (Wildman–Crippen MR) is 81.2 cm³/mol. The summed E-state index contributed by atoms with van der Waals surface area (Å²) in [5.41, 5.74) is 0.696. The molecule has 1 aliphatic heterocycles. The van der Waals surface area contributed by atoms with Crippen LogP contribution in [-0.2, 0) is 13.5 Å². The standard InChI is InChI=1S/C16H19N3O4/c1-18-9-13(17-10-18)15(20)19-5-2-11(3-6-19)8-14-12(16(21)22)4-7-23-14/h4,7,9-11H,2-3,5-6,8H2,1H3,(H,21,22). The molecule has 1 saturated heterocycles. The van der Waals surface area contributed by atoms with Gasteiger partial charge in [0.05, 0.1) is 12.6 Å². The Labute approximate surface area is 133 Å². The quantitative estimate of drug-likeness (QED) is 0.929. The molecule has 2 aromatic heterocycles. The van der Waals surface area contributed by atoms with Crippen LogP contribution in [0.5, 0.6) is 0 Å². The lowest BCUT2D eigenvalue weighted by molar-refractivity contribution is 0.0683. The average Bonchev–Trinajstić information content (AvgIpc) is 3.16. The zero-order chi connectivity index (χ0) is 16.4. The van der Waals surface area contributed by atoms with Crippen molar-refractivity contribution in [2.45, 2.75) is 19.3 Å². The van der Waals surface area contributed by atoms with Crippen molar-refractivity contribution in [3.05, 3.63) is 41.9 Å². The molecule has 1 amide bonds. The van der Waals surface area contributed by atoms with Crippen LogP contribution in [-0.4, -0.2) is 44.5 Å². The monoisotopic (exact) mass is 317 g/mol. The normalized spacial score (nSPS) is 15.8. The van der Waals surface area contributed by atoms with E-state index < -0.39 is 5.97 Å². The van der Waals surface area contributed by atoms with Gasteiger partial charge >= 0.3 is 5.97 Å². The lowest BCUT2D eigenvalue weighted by Crippen LogP contribution is -2.39. The summed E-state index contributed by atoms with van der Waals surface area (Å²) in [5, 5.41) is 9.11. The molecule has 7 nitrogen and oxygen atoms in total. The Kier molecular flexibility index (Phi) is 4.18. The maximum Gasteiger partial charge on any atom is 0.339 e. The van der Waals surface area contributed by atoms with Crippen molar-refractivity contribution in [1.29, 1.82) is 0 Å². The Hall–Kier alpha value is -2.57. The van der Waals surface area contributed by atoms with E-state index in [9.17, 15) is 9.59 Å². The van der Waals surface area contributed by atoms with Gasteiger partial charge in [-0.3, -0.25) is 4.79 Å². The molecular weight excluding hydrogens is 298 g/mol. The first-order valence-electron chi connectivity index (χ1n) is 7.61. The maximum absolute atomic E-state index is 12.3. The number of carbonyl (C=O) groups is 2. The molecule has 122 valence electrons. The van der Waals surface area contributed by atoms with Gasteiger partial charge in [-0.05, 0) is 24.8 Å². The fourth-order valence-corrected chi connectivity index (χ4v) is 2.98. The van der Waals surface area contributed by atoms with E-state index in [2.05, 4.69) is 4.98 Å². The Balaban J connectivity index is 1.57. The molecule has 1 N–H and O–H groups in total. The molecule has 0 spiro atoms. The van der Waals surface area contributed by atoms with Gasteiger partial charge in [-0.25, -0.2) is 9.78 Å². The first-order chi connectivity index (χ1) is 11.0. The highest BCUT2D eigenvalue weighted by Gasteiger charge is 2.26. The fourth-order valence-electron chi connectivity index (χ4n) is 2.98. The molecule has 0 bridgehead atoms. The summed E-state index contributed by atoms with van der Waals surface area (Å²) < 4.78 is 7.06. The lowest BCUT2D eigenvalue weighted by Gasteiger charge is -2.31. The molecule has 23 heavy (non-hydrogen) atoms. The highest BCUT2D eigenvalue weighted by molar-refractivity contribution is 5.92. The molecule has 3 rings (SSSR count). The summed E-state index contributed by atoms with van der Waals surface area (Å²) in [7, 11) is 1.83. The number of furan rings is 1. The number of carboxylic acids is 1. The summed E-state index contributed by atoms with van der Waals surface area (Å²) in [4.78, 5) is 29.3. The molecule has 2 aromatic rings. The number of carbonyl (C=O) groups excluding carboxylic acids is 1. The number of rotatable bonds is 4. The lowest BCUT2D eigenvalue weighted by atomic mass is 9.91. The van der Waals surface area contributed by atoms with Crippen LogP contribution in [0.4, 0.5) is 0 Å². The third-order valence-corrected chi connectivity index (χ3v) is 4.28. The Morgan fingerprint density at radius 1 is 1.39 bits per heavy atom. The second kappa shape index (κ2) is 6.28. The van der Waals surface area contributed by atoms with Gasteiger partial charge in [-0.15, -0.1) is 0 Å².